The number of aromatic nitrogens is 2. The lowest BCUT2D eigenvalue weighted by Crippen LogP contribution is -1.96. The molecular weight excluding hydrogens is 376 g/mol. The van der Waals surface area contributed by atoms with Crippen LogP contribution in [-0.4, -0.2) is 9.97 Å². The van der Waals surface area contributed by atoms with Gasteiger partial charge in [-0.3, -0.25) is 0 Å². The van der Waals surface area contributed by atoms with Crippen LogP contribution in [0, 0.1) is 6.92 Å². The molecule has 2 heterocycles. The first-order chi connectivity index (χ1) is 15.3. The van der Waals surface area contributed by atoms with Crippen LogP contribution in [-0.2, 0) is 0 Å². The van der Waals surface area contributed by atoms with Gasteiger partial charge in [0.25, 0.3) is 0 Å². The summed E-state index contributed by atoms with van der Waals surface area (Å²) < 4.78 is 0. The molecule has 0 aliphatic carbocycles. The number of benzene rings is 6. The number of pyridine rings is 2. The average Bonchev–Trinajstić information content (AvgIpc) is 2.82. The SMILES string of the molecule is Cc1c2ccccc2c2nc3ccc4cc5ccccc5c5nc6ccc1c2c6c3c45. The van der Waals surface area contributed by atoms with Crippen LogP contribution in [0.1, 0.15) is 5.56 Å². The molecule has 2 heteroatoms. The lowest BCUT2D eigenvalue weighted by atomic mass is 9.89. The molecule has 0 fully saturated rings. The van der Waals surface area contributed by atoms with Crippen molar-refractivity contribution in [1.29, 1.82) is 0 Å². The minimum Gasteiger partial charge on any atom is -0.247 e. The first-order valence-electron chi connectivity index (χ1n) is 10.7. The summed E-state index contributed by atoms with van der Waals surface area (Å²) in [4.78, 5) is 10.5. The molecule has 0 bridgehead atoms. The quantitative estimate of drug-likeness (QED) is 0.195. The molecule has 0 aliphatic rings. The lowest BCUT2D eigenvalue weighted by molar-refractivity contribution is 1.49. The number of rotatable bonds is 0. The maximum absolute atomic E-state index is 5.25. The zero-order chi connectivity index (χ0) is 20.3. The highest BCUT2D eigenvalue weighted by Gasteiger charge is 2.21. The van der Waals surface area contributed by atoms with Crippen molar-refractivity contribution in [3.8, 4) is 0 Å². The minimum absolute atomic E-state index is 1.05. The molecule has 31 heavy (non-hydrogen) atoms. The van der Waals surface area contributed by atoms with Crippen molar-refractivity contribution < 1.29 is 0 Å². The highest BCUT2D eigenvalue weighted by molar-refractivity contribution is 6.38. The van der Waals surface area contributed by atoms with Crippen LogP contribution in [0.25, 0.3) is 75.9 Å². The number of nitrogens with zero attached hydrogens (tertiary/aromatic N) is 2. The topological polar surface area (TPSA) is 25.8 Å². The first kappa shape index (κ1) is 15.8. The van der Waals surface area contributed by atoms with Crippen molar-refractivity contribution in [3.05, 3.63) is 84.4 Å². The van der Waals surface area contributed by atoms with Crippen LogP contribution in [0.2, 0.25) is 0 Å². The molecule has 0 unspecified atom stereocenters. The van der Waals surface area contributed by atoms with Gasteiger partial charge in [-0.1, -0.05) is 60.7 Å². The third-order valence-corrected chi connectivity index (χ3v) is 7.10. The summed E-state index contributed by atoms with van der Waals surface area (Å²) in [7, 11) is 0. The highest BCUT2D eigenvalue weighted by Crippen LogP contribution is 2.45. The molecule has 8 rings (SSSR count). The summed E-state index contributed by atoms with van der Waals surface area (Å²) in [5.74, 6) is 0. The molecular formula is C29H16N2. The van der Waals surface area contributed by atoms with Gasteiger partial charge in [-0.2, -0.15) is 0 Å². The molecule has 2 nitrogen and oxygen atoms in total. The van der Waals surface area contributed by atoms with E-state index in [0.29, 0.717) is 0 Å². The fraction of sp³-hybridized carbons (Fsp3) is 0.0345. The number of hydrogen-bond acceptors (Lipinski definition) is 2. The maximum atomic E-state index is 5.25. The van der Waals surface area contributed by atoms with Gasteiger partial charge in [-0.25, -0.2) is 9.97 Å². The van der Waals surface area contributed by atoms with Gasteiger partial charge in [0.2, 0.25) is 0 Å². The van der Waals surface area contributed by atoms with Gasteiger partial charge in [0, 0.05) is 32.3 Å². The van der Waals surface area contributed by atoms with Crippen LogP contribution in [0.5, 0.6) is 0 Å². The van der Waals surface area contributed by atoms with Crippen LogP contribution in [0.3, 0.4) is 0 Å². The first-order valence-corrected chi connectivity index (χ1v) is 10.7. The molecule has 8 aromatic rings. The standard InChI is InChI=1S/C29H16N2/c1-15-18-7-4-5-9-21(18)29-25-19(15)11-13-23-27(25)26-22(31-29)12-10-17-14-16-6-2-3-8-20(16)28(30-23)24(17)26/h2-14H,1H3. The Hall–Kier alpha value is -4.04. The normalized spacial score (nSPS) is 12.7. The van der Waals surface area contributed by atoms with Gasteiger partial charge in [0.05, 0.1) is 22.1 Å². The van der Waals surface area contributed by atoms with E-state index >= 15 is 0 Å². The summed E-state index contributed by atoms with van der Waals surface area (Å²) in [5, 5.41) is 12.4. The number of aryl methyl sites for hydroxylation is 1. The van der Waals surface area contributed by atoms with E-state index in [0.717, 1.165) is 22.1 Å². The average molecular weight is 392 g/mol. The minimum atomic E-state index is 1.05. The van der Waals surface area contributed by atoms with Crippen LogP contribution < -0.4 is 0 Å². The Morgan fingerprint density at radius 3 is 1.97 bits per heavy atom. The van der Waals surface area contributed by atoms with Crippen molar-refractivity contribution in [2.24, 2.45) is 0 Å². The molecule has 0 saturated heterocycles. The Bertz CT molecular complexity index is 2000. The molecule has 0 saturated carbocycles. The molecule has 0 atom stereocenters. The second-order valence-corrected chi connectivity index (χ2v) is 8.63. The third-order valence-electron chi connectivity index (χ3n) is 7.10. The van der Waals surface area contributed by atoms with Gasteiger partial charge in [-0.15, -0.1) is 0 Å². The second kappa shape index (κ2) is 5.16. The van der Waals surface area contributed by atoms with Crippen LogP contribution in [0.15, 0.2) is 78.9 Å². The molecule has 0 amide bonds. The van der Waals surface area contributed by atoms with Gasteiger partial charge in [0.15, 0.2) is 0 Å². The van der Waals surface area contributed by atoms with Crippen molar-refractivity contribution in [1.82, 2.24) is 9.97 Å². The fourth-order valence-electron chi connectivity index (χ4n) is 5.74. The van der Waals surface area contributed by atoms with E-state index in [4.69, 9.17) is 9.97 Å². The maximum Gasteiger partial charge on any atom is 0.0801 e. The zero-order valence-electron chi connectivity index (χ0n) is 16.9. The molecule has 6 aromatic carbocycles. The third kappa shape index (κ3) is 1.76. The van der Waals surface area contributed by atoms with E-state index in [9.17, 15) is 0 Å². The van der Waals surface area contributed by atoms with Crippen molar-refractivity contribution in [3.63, 3.8) is 0 Å². The summed E-state index contributed by atoms with van der Waals surface area (Å²) in [6, 6.07) is 28.3. The number of fused-ring (bicyclic) bond motifs is 4. The Labute approximate surface area is 177 Å². The van der Waals surface area contributed by atoms with E-state index in [1.807, 2.05) is 0 Å². The summed E-state index contributed by atoms with van der Waals surface area (Å²) in [6.45, 7) is 2.23. The Morgan fingerprint density at radius 1 is 0.484 bits per heavy atom. The largest absolute Gasteiger partial charge is 0.247 e. The van der Waals surface area contributed by atoms with Gasteiger partial charge < -0.3 is 0 Å². The molecule has 0 radical (unpaired) electrons. The molecule has 0 aliphatic heterocycles. The van der Waals surface area contributed by atoms with E-state index < -0.39 is 0 Å². The lowest BCUT2D eigenvalue weighted by Gasteiger charge is -2.19. The molecule has 0 N–H and O–H groups in total. The van der Waals surface area contributed by atoms with E-state index in [1.165, 1.54) is 59.4 Å². The Balaban J connectivity index is 1.78. The van der Waals surface area contributed by atoms with Gasteiger partial charge in [-0.05, 0) is 52.2 Å². The van der Waals surface area contributed by atoms with E-state index in [1.54, 1.807) is 0 Å². The number of hydrogen-bond donors (Lipinski definition) is 0. The zero-order valence-corrected chi connectivity index (χ0v) is 16.9. The summed E-state index contributed by atoms with van der Waals surface area (Å²) in [5.41, 5.74) is 5.57. The molecule has 2 aromatic heterocycles. The van der Waals surface area contributed by atoms with Crippen LogP contribution in [0.4, 0.5) is 0 Å². The molecule has 142 valence electrons. The van der Waals surface area contributed by atoms with Crippen LogP contribution >= 0.6 is 0 Å². The van der Waals surface area contributed by atoms with E-state index in [2.05, 4.69) is 85.8 Å². The highest BCUT2D eigenvalue weighted by atomic mass is 14.7. The predicted molar refractivity (Wildman–Crippen MR) is 132 cm³/mol. The van der Waals surface area contributed by atoms with E-state index in [-0.39, 0.29) is 0 Å². The summed E-state index contributed by atoms with van der Waals surface area (Å²) >= 11 is 0. The Morgan fingerprint density at radius 2 is 1.13 bits per heavy atom. The monoisotopic (exact) mass is 392 g/mol. The van der Waals surface area contributed by atoms with Gasteiger partial charge >= 0.3 is 0 Å². The van der Waals surface area contributed by atoms with Gasteiger partial charge in [0.1, 0.15) is 0 Å². The van der Waals surface area contributed by atoms with Crippen molar-refractivity contribution in [2.45, 2.75) is 6.92 Å². The second-order valence-electron chi connectivity index (χ2n) is 8.63. The Kier molecular flexibility index (Phi) is 2.62. The fourth-order valence-corrected chi connectivity index (χ4v) is 5.74. The predicted octanol–water partition coefficient (Wildman–Crippen LogP) is 7.73. The van der Waals surface area contributed by atoms with Crippen molar-refractivity contribution >= 4 is 75.9 Å². The smallest absolute Gasteiger partial charge is 0.0801 e. The molecule has 0 spiro atoms. The van der Waals surface area contributed by atoms with Crippen molar-refractivity contribution in [2.75, 3.05) is 0 Å². The summed E-state index contributed by atoms with van der Waals surface area (Å²) in [6.07, 6.45) is 0.